The molecule has 29 heavy (non-hydrogen) atoms. The van der Waals surface area contributed by atoms with Gasteiger partial charge in [0.05, 0.1) is 0 Å². The lowest BCUT2D eigenvalue weighted by Gasteiger charge is -2.11. The molecule has 4 nitrogen and oxygen atoms in total. The summed E-state index contributed by atoms with van der Waals surface area (Å²) in [7, 11) is 0. The van der Waals surface area contributed by atoms with E-state index in [1.807, 2.05) is 43.3 Å². The van der Waals surface area contributed by atoms with Crippen molar-refractivity contribution < 1.29 is 9.53 Å². The molecule has 0 spiro atoms. The molecule has 0 bridgehead atoms. The van der Waals surface area contributed by atoms with E-state index in [9.17, 15) is 4.79 Å². The number of nitrogens with one attached hydrogen (secondary N) is 2. The molecule has 0 fully saturated rings. The van der Waals surface area contributed by atoms with Crippen LogP contribution in [0.5, 0.6) is 5.75 Å². The summed E-state index contributed by atoms with van der Waals surface area (Å²) in [5.74, 6) is 0.423. The molecule has 0 atom stereocenters. The van der Waals surface area contributed by atoms with E-state index >= 15 is 0 Å². The van der Waals surface area contributed by atoms with Crippen molar-refractivity contribution in [3.8, 4) is 5.75 Å². The van der Waals surface area contributed by atoms with Gasteiger partial charge in [-0.25, -0.2) is 0 Å². The molecule has 0 aliphatic heterocycles. The smallest absolute Gasteiger partial charge is 0.262 e. The van der Waals surface area contributed by atoms with Crippen molar-refractivity contribution in [3.63, 3.8) is 0 Å². The van der Waals surface area contributed by atoms with E-state index in [0.29, 0.717) is 23.0 Å². The minimum Gasteiger partial charge on any atom is -0.484 e. The minimum absolute atomic E-state index is 0.0686. The zero-order valence-electron chi connectivity index (χ0n) is 16.7. The standard InChI is InChI=1S/C24H25ClN2O2/c1-3-18-8-11-20(12-9-18)26-15-19-5-4-6-22(13-19)29-16-24(28)27-21-10-7-17(2)23(25)14-21/h4-14,26H,3,15-16H2,1-2H3,(H,27,28). The maximum absolute atomic E-state index is 12.1. The van der Waals surface area contributed by atoms with E-state index in [-0.39, 0.29) is 12.5 Å². The van der Waals surface area contributed by atoms with Gasteiger partial charge in [-0.3, -0.25) is 4.79 Å². The van der Waals surface area contributed by atoms with Crippen molar-refractivity contribution in [3.05, 3.63) is 88.4 Å². The topological polar surface area (TPSA) is 50.4 Å². The first kappa shape index (κ1) is 20.7. The fraction of sp³-hybridized carbons (Fsp3) is 0.208. The predicted molar refractivity (Wildman–Crippen MR) is 120 cm³/mol. The van der Waals surface area contributed by atoms with Crippen LogP contribution in [0.4, 0.5) is 11.4 Å². The monoisotopic (exact) mass is 408 g/mol. The maximum atomic E-state index is 12.1. The van der Waals surface area contributed by atoms with Gasteiger partial charge in [-0.15, -0.1) is 0 Å². The number of carbonyl (C=O) groups excluding carboxylic acids is 1. The van der Waals surface area contributed by atoms with Crippen LogP contribution in [-0.4, -0.2) is 12.5 Å². The third kappa shape index (κ3) is 6.26. The molecule has 0 saturated heterocycles. The normalized spacial score (nSPS) is 10.4. The fourth-order valence-electron chi connectivity index (χ4n) is 2.82. The first-order chi connectivity index (χ1) is 14.0. The number of aryl methyl sites for hydroxylation is 2. The summed E-state index contributed by atoms with van der Waals surface area (Å²) in [6.07, 6.45) is 1.03. The molecule has 3 aromatic rings. The van der Waals surface area contributed by atoms with Crippen molar-refractivity contribution in [1.29, 1.82) is 0 Å². The number of amides is 1. The van der Waals surface area contributed by atoms with Crippen LogP contribution in [0.15, 0.2) is 66.7 Å². The van der Waals surface area contributed by atoms with E-state index in [4.69, 9.17) is 16.3 Å². The molecule has 3 aromatic carbocycles. The highest BCUT2D eigenvalue weighted by atomic mass is 35.5. The molecule has 0 radical (unpaired) electrons. The first-order valence-corrected chi connectivity index (χ1v) is 10.0. The third-order valence-electron chi connectivity index (χ3n) is 4.58. The molecule has 0 aliphatic rings. The number of hydrogen-bond acceptors (Lipinski definition) is 3. The second kappa shape index (κ2) is 9.99. The van der Waals surface area contributed by atoms with Crippen molar-refractivity contribution in [2.75, 3.05) is 17.2 Å². The second-order valence-electron chi connectivity index (χ2n) is 6.85. The van der Waals surface area contributed by atoms with Crippen molar-refractivity contribution in [2.24, 2.45) is 0 Å². The number of rotatable bonds is 8. The molecule has 1 amide bonds. The molecule has 0 aliphatic carbocycles. The number of halogens is 1. The Morgan fingerprint density at radius 1 is 0.966 bits per heavy atom. The number of carbonyl (C=O) groups is 1. The Morgan fingerprint density at radius 3 is 2.45 bits per heavy atom. The lowest BCUT2D eigenvalue weighted by molar-refractivity contribution is -0.118. The largest absolute Gasteiger partial charge is 0.484 e. The Kier molecular flexibility index (Phi) is 7.14. The van der Waals surface area contributed by atoms with Gasteiger partial charge in [-0.2, -0.15) is 0 Å². The fourth-order valence-corrected chi connectivity index (χ4v) is 3.00. The summed E-state index contributed by atoms with van der Waals surface area (Å²) < 4.78 is 5.64. The van der Waals surface area contributed by atoms with Crippen LogP contribution in [0.25, 0.3) is 0 Å². The average Bonchev–Trinajstić information content (AvgIpc) is 2.74. The van der Waals surface area contributed by atoms with Gasteiger partial charge in [0.2, 0.25) is 0 Å². The zero-order valence-corrected chi connectivity index (χ0v) is 17.4. The number of benzene rings is 3. The molecule has 0 heterocycles. The number of hydrogen-bond donors (Lipinski definition) is 2. The molecule has 5 heteroatoms. The van der Waals surface area contributed by atoms with Crippen molar-refractivity contribution in [1.82, 2.24) is 0 Å². The second-order valence-corrected chi connectivity index (χ2v) is 7.26. The van der Waals surface area contributed by atoms with Gasteiger partial charge in [0.25, 0.3) is 5.91 Å². The third-order valence-corrected chi connectivity index (χ3v) is 4.99. The Hall–Kier alpha value is -2.98. The van der Waals surface area contributed by atoms with Gasteiger partial charge in [-0.1, -0.05) is 48.9 Å². The first-order valence-electron chi connectivity index (χ1n) is 9.64. The van der Waals surface area contributed by atoms with Crippen LogP contribution in [0.1, 0.15) is 23.6 Å². The molecule has 2 N–H and O–H groups in total. The van der Waals surface area contributed by atoms with E-state index < -0.39 is 0 Å². The SMILES string of the molecule is CCc1ccc(NCc2cccc(OCC(=O)Nc3ccc(C)c(Cl)c3)c2)cc1. The maximum Gasteiger partial charge on any atom is 0.262 e. The van der Waals surface area contributed by atoms with Gasteiger partial charge in [0.15, 0.2) is 6.61 Å². The Morgan fingerprint density at radius 2 is 1.72 bits per heavy atom. The highest BCUT2D eigenvalue weighted by Crippen LogP contribution is 2.20. The molecular formula is C24H25ClN2O2. The van der Waals surface area contributed by atoms with E-state index in [1.165, 1.54) is 5.56 Å². The van der Waals surface area contributed by atoms with Crippen LogP contribution in [0.3, 0.4) is 0 Å². The van der Waals surface area contributed by atoms with Gasteiger partial charge in [-0.05, 0) is 66.4 Å². The van der Waals surface area contributed by atoms with Crippen molar-refractivity contribution in [2.45, 2.75) is 26.8 Å². The molecule has 0 unspecified atom stereocenters. The summed E-state index contributed by atoms with van der Waals surface area (Å²) in [4.78, 5) is 12.1. The van der Waals surface area contributed by atoms with Crippen LogP contribution in [0, 0.1) is 6.92 Å². The molecule has 150 valence electrons. The van der Waals surface area contributed by atoms with Gasteiger partial charge >= 0.3 is 0 Å². The summed E-state index contributed by atoms with van der Waals surface area (Å²) in [5.41, 5.74) is 5.09. The zero-order chi connectivity index (χ0) is 20.6. The lowest BCUT2D eigenvalue weighted by atomic mass is 10.1. The highest BCUT2D eigenvalue weighted by molar-refractivity contribution is 6.31. The molecular weight excluding hydrogens is 384 g/mol. The predicted octanol–water partition coefficient (Wildman–Crippen LogP) is 5.84. The lowest BCUT2D eigenvalue weighted by Crippen LogP contribution is -2.20. The quantitative estimate of drug-likeness (QED) is 0.492. The Balaban J connectivity index is 1.50. The number of anilines is 2. The Labute approximate surface area is 176 Å². The van der Waals surface area contributed by atoms with E-state index in [0.717, 1.165) is 23.2 Å². The van der Waals surface area contributed by atoms with Crippen LogP contribution in [-0.2, 0) is 17.8 Å². The number of ether oxygens (including phenoxy) is 1. The van der Waals surface area contributed by atoms with Crippen LogP contribution in [0.2, 0.25) is 5.02 Å². The summed E-state index contributed by atoms with van der Waals surface area (Å²) in [6, 6.07) is 21.6. The summed E-state index contributed by atoms with van der Waals surface area (Å²) in [6.45, 7) is 4.67. The van der Waals surface area contributed by atoms with Crippen LogP contribution < -0.4 is 15.4 Å². The van der Waals surface area contributed by atoms with E-state index in [1.54, 1.807) is 6.07 Å². The van der Waals surface area contributed by atoms with Gasteiger partial charge < -0.3 is 15.4 Å². The minimum atomic E-state index is -0.232. The summed E-state index contributed by atoms with van der Waals surface area (Å²) >= 11 is 6.09. The highest BCUT2D eigenvalue weighted by Gasteiger charge is 2.06. The molecule has 3 rings (SSSR count). The Bertz CT molecular complexity index is 971. The molecule has 0 aromatic heterocycles. The summed E-state index contributed by atoms with van der Waals surface area (Å²) in [5, 5.41) is 6.81. The van der Waals surface area contributed by atoms with Crippen LogP contribution >= 0.6 is 11.6 Å². The van der Waals surface area contributed by atoms with E-state index in [2.05, 4.69) is 41.8 Å². The van der Waals surface area contributed by atoms with Gasteiger partial charge in [0.1, 0.15) is 5.75 Å². The molecule has 0 saturated carbocycles. The van der Waals surface area contributed by atoms with Crippen molar-refractivity contribution >= 4 is 28.9 Å². The van der Waals surface area contributed by atoms with Gasteiger partial charge in [0, 0.05) is 22.9 Å². The average molecular weight is 409 g/mol.